The molecule has 2 aromatic rings. The Morgan fingerprint density at radius 2 is 2.10 bits per heavy atom. The molecule has 0 spiro atoms. The molecule has 1 aromatic heterocycles. The van der Waals surface area contributed by atoms with E-state index in [0.29, 0.717) is 23.3 Å². The van der Waals surface area contributed by atoms with Crippen molar-refractivity contribution in [3.8, 4) is 0 Å². The first-order valence-electron chi connectivity index (χ1n) is 9.43. The molecule has 0 radical (unpaired) electrons. The Hall–Kier alpha value is -1.87. The number of fused-ring (bicyclic) bond motifs is 1. The van der Waals surface area contributed by atoms with E-state index in [1.165, 1.54) is 22.5 Å². The normalized spacial score (nSPS) is 19.2. The molecule has 9 heteroatoms. The number of carbonyl (C=O) groups excluding carboxylic acids is 1. The van der Waals surface area contributed by atoms with Crippen LogP contribution < -0.4 is 14.9 Å². The SMILES string of the molecule is CC1Cc2cc(N3CC=C(NS(=O)(=O)CCc4ccc(Cl)s4)C3=O)ccc2CN1. The fourth-order valence-corrected chi connectivity index (χ4v) is 5.89. The van der Waals surface area contributed by atoms with E-state index >= 15 is 0 Å². The summed E-state index contributed by atoms with van der Waals surface area (Å²) in [6.07, 6.45) is 2.89. The average Bonchev–Trinajstić information content (AvgIpc) is 3.25. The molecule has 0 saturated heterocycles. The number of carbonyl (C=O) groups is 1. The monoisotopic (exact) mass is 451 g/mol. The summed E-state index contributed by atoms with van der Waals surface area (Å²) < 4.78 is 27.9. The van der Waals surface area contributed by atoms with Gasteiger partial charge in [-0.05, 0) is 61.2 Å². The predicted molar refractivity (Wildman–Crippen MR) is 117 cm³/mol. The van der Waals surface area contributed by atoms with Gasteiger partial charge < -0.3 is 10.2 Å². The summed E-state index contributed by atoms with van der Waals surface area (Å²) in [6, 6.07) is 9.95. The number of amides is 1. The van der Waals surface area contributed by atoms with Crippen molar-refractivity contribution in [2.45, 2.75) is 32.4 Å². The summed E-state index contributed by atoms with van der Waals surface area (Å²) in [4.78, 5) is 15.3. The van der Waals surface area contributed by atoms with Gasteiger partial charge in [0.2, 0.25) is 10.0 Å². The molecular weight excluding hydrogens is 430 g/mol. The summed E-state index contributed by atoms with van der Waals surface area (Å²) in [5.41, 5.74) is 3.37. The van der Waals surface area contributed by atoms with E-state index in [-0.39, 0.29) is 17.4 Å². The van der Waals surface area contributed by atoms with Gasteiger partial charge in [-0.2, -0.15) is 0 Å². The minimum atomic E-state index is -3.62. The molecule has 0 saturated carbocycles. The van der Waals surface area contributed by atoms with Crippen LogP contribution in [0.1, 0.15) is 22.9 Å². The number of sulfonamides is 1. The van der Waals surface area contributed by atoms with Crippen molar-refractivity contribution in [1.82, 2.24) is 10.0 Å². The molecule has 4 rings (SSSR count). The lowest BCUT2D eigenvalue weighted by Crippen LogP contribution is -2.35. The largest absolute Gasteiger partial charge is 0.310 e. The lowest BCUT2D eigenvalue weighted by Gasteiger charge is -2.25. The van der Waals surface area contributed by atoms with E-state index in [9.17, 15) is 13.2 Å². The van der Waals surface area contributed by atoms with Crippen LogP contribution in [0.4, 0.5) is 5.69 Å². The van der Waals surface area contributed by atoms with E-state index in [0.717, 1.165) is 23.5 Å². The van der Waals surface area contributed by atoms with Gasteiger partial charge in [-0.15, -0.1) is 11.3 Å². The second-order valence-electron chi connectivity index (χ2n) is 7.35. The number of halogens is 1. The Kier molecular flexibility index (Phi) is 5.70. The van der Waals surface area contributed by atoms with E-state index in [4.69, 9.17) is 11.6 Å². The molecule has 1 amide bonds. The predicted octanol–water partition coefficient (Wildman–Crippen LogP) is 2.83. The van der Waals surface area contributed by atoms with Crippen molar-refractivity contribution >= 4 is 44.6 Å². The fourth-order valence-electron chi connectivity index (χ4n) is 3.57. The average molecular weight is 452 g/mol. The number of anilines is 1. The summed E-state index contributed by atoms with van der Waals surface area (Å²) in [6.45, 7) is 3.31. The second-order valence-corrected chi connectivity index (χ2v) is 11.0. The zero-order valence-electron chi connectivity index (χ0n) is 15.9. The van der Waals surface area contributed by atoms with Crippen LogP contribution in [0.25, 0.3) is 0 Å². The molecule has 1 aromatic carbocycles. The zero-order valence-corrected chi connectivity index (χ0v) is 18.3. The Balaban J connectivity index is 1.41. The molecule has 1 unspecified atom stereocenters. The topological polar surface area (TPSA) is 78.5 Å². The Bertz CT molecular complexity index is 1080. The van der Waals surface area contributed by atoms with Crippen LogP contribution in [0.2, 0.25) is 4.34 Å². The number of benzene rings is 1. The van der Waals surface area contributed by atoms with Crippen LogP contribution >= 0.6 is 22.9 Å². The molecule has 2 aliphatic rings. The van der Waals surface area contributed by atoms with Crippen LogP contribution in [0.15, 0.2) is 42.1 Å². The van der Waals surface area contributed by atoms with Crippen LogP contribution in [0.3, 0.4) is 0 Å². The quantitative estimate of drug-likeness (QED) is 0.707. The third kappa shape index (κ3) is 4.66. The molecule has 2 N–H and O–H groups in total. The number of nitrogens with one attached hydrogen (secondary N) is 2. The first-order chi connectivity index (χ1) is 13.8. The Morgan fingerprint density at radius 1 is 1.28 bits per heavy atom. The molecule has 2 aliphatic heterocycles. The third-order valence-corrected chi connectivity index (χ3v) is 7.70. The van der Waals surface area contributed by atoms with Crippen LogP contribution in [0.5, 0.6) is 0 Å². The van der Waals surface area contributed by atoms with Crippen molar-refractivity contribution < 1.29 is 13.2 Å². The highest BCUT2D eigenvalue weighted by Crippen LogP contribution is 2.27. The maximum absolute atomic E-state index is 12.8. The van der Waals surface area contributed by atoms with Crippen molar-refractivity contribution in [3.63, 3.8) is 0 Å². The number of hydrogen-bond acceptors (Lipinski definition) is 5. The number of nitrogens with zero attached hydrogens (tertiary/aromatic N) is 1. The van der Waals surface area contributed by atoms with Gasteiger partial charge >= 0.3 is 0 Å². The highest BCUT2D eigenvalue weighted by Gasteiger charge is 2.29. The molecule has 6 nitrogen and oxygen atoms in total. The van der Waals surface area contributed by atoms with Gasteiger partial charge in [-0.3, -0.25) is 9.52 Å². The molecule has 29 heavy (non-hydrogen) atoms. The summed E-state index contributed by atoms with van der Waals surface area (Å²) in [5.74, 6) is -0.423. The molecule has 3 heterocycles. The van der Waals surface area contributed by atoms with Gasteiger partial charge in [-0.1, -0.05) is 17.7 Å². The molecule has 0 aliphatic carbocycles. The fraction of sp³-hybridized carbons (Fsp3) is 0.350. The minimum absolute atomic E-state index is 0.0990. The first kappa shape index (κ1) is 20.4. The molecule has 0 fully saturated rings. The number of hydrogen-bond donors (Lipinski definition) is 2. The third-order valence-electron chi connectivity index (χ3n) is 5.13. The zero-order chi connectivity index (χ0) is 20.6. The van der Waals surface area contributed by atoms with E-state index in [1.54, 1.807) is 17.0 Å². The second kappa shape index (κ2) is 8.10. The maximum atomic E-state index is 12.8. The van der Waals surface area contributed by atoms with Gasteiger partial charge in [0.05, 0.1) is 10.1 Å². The number of thiophene rings is 1. The van der Waals surface area contributed by atoms with Gasteiger partial charge in [0.25, 0.3) is 5.91 Å². The first-order valence-corrected chi connectivity index (χ1v) is 12.3. The Morgan fingerprint density at radius 3 is 2.86 bits per heavy atom. The van der Waals surface area contributed by atoms with Crippen LogP contribution in [-0.2, 0) is 34.2 Å². The van der Waals surface area contributed by atoms with Gasteiger partial charge in [0, 0.05) is 29.7 Å². The van der Waals surface area contributed by atoms with Crippen molar-refractivity contribution in [2.75, 3.05) is 17.2 Å². The summed E-state index contributed by atoms with van der Waals surface area (Å²) >= 11 is 7.24. The molecule has 154 valence electrons. The van der Waals surface area contributed by atoms with E-state index < -0.39 is 10.0 Å². The maximum Gasteiger partial charge on any atom is 0.275 e. The van der Waals surface area contributed by atoms with Crippen LogP contribution in [-0.4, -0.2) is 32.7 Å². The van der Waals surface area contributed by atoms with Gasteiger partial charge in [0.15, 0.2) is 0 Å². The number of rotatable bonds is 6. The highest BCUT2D eigenvalue weighted by molar-refractivity contribution is 7.89. The van der Waals surface area contributed by atoms with E-state index in [2.05, 4.69) is 17.0 Å². The lowest BCUT2D eigenvalue weighted by atomic mass is 9.96. The minimum Gasteiger partial charge on any atom is -0.310 e. The van der Waals surface area contributed by atoms with Crippen molar-refractivity contribution in [3.05, 3.63) is 62.4 Å². The summed E-state index contributed by atoms with van der Waals surface area (Å²) in [7, 11) is -3.62. The standard InChI is InChI=1S/C20H22ClN3O3S2/c1-13-10-15-11-16(3-2-14(15)12-22-13)24-8-6-18(20(24)25)23-29(26,27)9-7-17-4-5-19(21)28-17/h2-6,11,13,22-23H,7-10,12H2,1H3. The summed E-state index contributed by atoms with van der Waals surface area (Å²) in [5, 5.41) is 3.42. The van der Waals surface area contributed by atoms with Gasteiger partial charge in [0.1, 0.15) is 5.70 Å². The van der Waals surface area contributed by atoms with Crippen molar-refractivity contribution in [2.24, 2.45) is 0 Å². The highest BCUT2D eigenvalue weighted by atomic mass is 35.5. The molecular formula is C20H22ClN3O3S2. The van der Waals surface area contributed by atoms with Crippen molar-refractivity contribution in [1.29, 1.82) is 0 Å². The number of aryl methyl sites for hydroxylation is 1. The lowest BCUT2D eigenvalue weighted by molar-refractivity contribution is -0.114. The van der Waals surface area contributed by atoms with E-state index in [1.807, 2.05) is 24.3 Å². The van der Waals surface area contributed by atoms with Gasteiger partial charge in [-0.25, -0.2) is 8.42 Å². The molecule has 1 atom stereocenters. The smallest absolute Gasteiger partial charge is 0.275 e. The molecule has 0 bridgehead atoms. The van der Waals surface area contributed by atoms with Crippen LogP contribution in [0, 0.1) is 0 Å². The Labute approximate surface area is 179 Å².